The Morgan fingerprint density at radius 2 is 2.50 bits per heavy atom. The Bertz CT molecular complexity index is 194. The van der Waals surface area contributed by atoms with E-state index in [2.05, 4.69) is 21.1 Å². The van der Waals surface area contributed by atoms with Crippen molar-refractivity contribution in [1.82, 2.24) is 0 Å². The predicted molar refractivity (Wildman–Crippen MR) is 33.6 cm³/mol. The molecule has 0 radical (unpaired) electrons. The molecule has 1 aliphatic heterocycles. The van der Waals surface area contributed by atoms with E-state index in [9.17, 15) is 0 Å². The Kier molecular flexibility index (Phi) is 1.35. The number of nitrogens with zero attached hydrogens (tertiary/aromatic N) is 3. The molecule has 40 valence electrons. The highest BCUT2D eigenvalue weighted by Crippen LogP contribution is 1.80. The first-order chi connectivity index (χ1) is 3.89. The summed E-state index contributed by atoms with van der Waals surface area (Å²) in [5.74, 6) is 2.62. The Hall–Kier alpha value is -1.21. The van der Waals surface area contributed by atoms with Gasteiger partial charge in [0, 0.05) is 6.08 Å². The Labute approximate surface area is 47.2 Å². The maximum Gasteiger partial charge on any atom is 0.147 e. The Balaban J connectivity index is 2.94. The molecule has 3 heteroatoms. The number of rotatable bonds is 0. The van der Waals surface area contributed by atoms with Crippen molar-refractivity contribution in [3.05, 3.63) is 6.08 Å². The summed E-state index contributed by atoms with van der Waals surface area (Å²) in [5.41, 5.74) is 0.822. The van der Waals surface area contributed by atoms with E-state index >= 15 is 0 Å². The molecule has 0 fully saturated rings. The summed E-state index contributed by atoms with van der Waals surface area (Å²) < 4.78 is 0. The van der Waals surface area contributed by atoms with Crippen molar-refractivity contribution in [2.75, 3.05) is 0 Å². The van der Waals surface area contributed by atoms with Crippen LogP contribution in [0, 0.1) is 0 Å². The first kappa shape index (κ1) is 4.94. The smallest absolute Gasteiger partial charge is 0.147 e. The number of aliphatic imine (C=N–C) groups is 1. The van der Waals surface area contributed by atoms with Crippen LogP contribution in [-0.4, -0.2) is 17.9 Å². The molecule has 0 atom stereocenters. The quantitative estimate of drug-likeness (QED) is 0.435. The van der Waals surface area contributed by atoms with Gasteiger partial charge in [-0.1, -0.05) is 0 Å². The van der Waals surface area contributed by atoms with Gasteiger partial charge in [0.1, 0.15) is 6.34 Å². The normalized spacial score (nSPS) is 15.9. The minimum Gasteiger partial charge on any atom is -0.192 e. The molecule has 0 amide bonds. The van der Waals surface area contributed by atoms with Crippen LogP contribution in [0.15, 0.2) is 21.3 Å². The number of hydrogen-bond donors (Lipinski definition) is 0. The van der Waals surface area contributed by atoms with E-state index in [1.165, 1.54) is 6.34 Å². The average molecular weight is 107 g/mol. The third-order valence-corrected chi connectivity index (χ3v) is 0.673. The van der Waals surface area contributed by atoms with Crippen LogP contribution in [0.2, 0.25) is 0 Å². The fraction of sp³-hybridized carbons (Fsp3) is 0.200. The summed E-state index contributed by atoms with van der Waals surface area (Å²) in [4.78, 5) is 3.61. The molecule has 0 aliphatic carbocycles. The van der Waals surface area contributed by atoms with Crippen molar-refractivity contribution in [2.45, 2.75) is 6.92 Å². The van der Waals surface area contributed by atoms with Crippen LogP contribution in [0.25, 0.3) is 0 Å². The van der Waals surface area contributed by atoms with Gasteiger partial charge in [-0.05, 0) is 12.8 Å². The first-order valence-electron chi connectivity index (χ1n) is 2.24. The van der Waals surface area contributed by atoms with Gasteiger partial charge < -0.3 is 0 Å². The van der Waals surface area contributed by atoms with E-state index in [0.29, 0.717) is 0 Å². The van der Waals surface area contributed by atoms with Gasteiger partial charge in [-0.3, -0.25) is 0 Å². The summed E-state index contributed by atoms with van der Waals surface area (Å²) in [6.07, 6.45) is 3.03. The third kappa shape index (κ3) is 1.13. The molecule has 1 aliphatic rings. The fourth-order valence-corrected chi connectivity index (χ4v) is 0.336. The lowest BCUT2D eigenvalue weighted by atomic mass is 10.4. The molecule has 0 spiro atoms. The maximum atomic E-state index is 3.70. The predicted octanol–water partition coefficient (Wildman–Crippen LogP) is 0.630. The number of allylic oxidation sites excluding steroid dienone is 1. The van der Waals surface area contributed by atoms with Gasteiger partial charge in [0.05, 0.1) is 5.71 Å². The van der Waals surface area contributed by atoms with Crippen molar-refractivity contribution in [3.8, 4) is 0 Å². The van der Waals surface area contributed by atoms with E-state index in [0.717, 1.165) is 5.71 Å². The first-order valence-corrected chi connectivity index (χ1v) is 2.24. The second-order valence-electron chi connectivity index (χ2n) is 1.37. The second kappa shape index (κ2) is 2.19. The molecule has 3 nitrogen and oxygen atoms in total. The summed E-state index contributed by atoms with van der Waals surface area (Å²) in [5, 5.41) is 7.25. The van der Waals surface area contributed by atoms with Gasteiger partial charge in [0.15, 0.2) is 0 Å². The molecule has 0 aromatic carbocycles. The maximum absolute atomic E-state index is 3.70. The zero-order valence-corrected chi connectivity index (χ0v) is 4.50. The van der Waals surface area contributed by atoms with Crippen LogP contribution in [0.4, 0.5) is 0 Å². The largest absolute Gasteiger partial charge is 0.192 e. The monoisotopic (exact) mass is 107 g/mol. The van der Waals surface area contributed by atoms with Gasteiger partial charge >= 0.3 is 0 Å². The van der Waals surface area contributed by atoms with Gasteiger partial charge in [-0.15, -0.1) is 5.10 Å². The molecule has 0 N–H and O–H groups in total. The molecule has 0 aromatic heterocycles. The summed E-state index contributed by atoms with van der Waals surface area (Å²) in [6.45, 7) is 1.84. The van der Waals surface area contributed by atoms with E-state index < -0.39 is 0 Å². The van der Waals surface area contributed by atoms with E-state index in [1.807, 2.05) is 6.92 Å². The minimum absolute atomic E-state index is 0.822. The van der Waals surface area contributed by atoms with E-state index in [4.69, 9.17) is 0 Å². The summed E-state index contributed by atoms with van der Waals surface area (Å²) >= 11 is 0. The van der Waals surface area contributed by atoms with Crippen molar-refractivity contribution in [1.29, 1.82) is 0 Å². The van der Waals surface area contributed by atoms with Crippen molar-refractivity contribution in [3.63, 3.8) is 0 Å². The highest BCUT2D eigenvalue weighted by Gasteiger charge is 1.79. The fourth-order valence-electron chi connectivity index (χ4n) is 0.336. The molecule has 8 heavy (non-hydrogen) atoms. The van der Waals surface area contributed by atoms with E-state index in [-0.39, 0.29) is 0 Å². The second-order valence-corrected chi connectivity index (χ2v) is 1.37. The lowest BCUT2D eigenvalue weighted by Gasteiger charge is -1.76. The molecule has 0 bridgehead atoms. The minimum atomic E-state index is 0.822. The topological polar surface area (TPSA) is 37.1 Å². The molecular formula is C5H5N3. The highest BCUT2D eigenvalue weighted by molar-refractivity contribution is 6.00. The summed E-state index contributed by atoms with van der Waals surface area (Å²) in [7, 11) is 0. The lowest BCUT2D eigenvalue weighted by molar-refractivity contribution is 1.24. The van der Waals surface area contributed by atoms with Crippen molar-refractivity contribution < 1.29 is 0 Å². The molecule has 0 unspecified atom stereocenters. The van der Waals surface area contributed by atoms with Crippen LogP contribution in [-0.2, 0) is 0 Å². The van der Waals surface area contributed by atoms with Gasteiger partial charge in [-0.2, -0.15) is 10.1 Å². The molecule has 1 rings (SSSR count). The molecular weight excluding hydrogens is 102 g/mol. The third-order valence-electron chi connectivity index (χ3n) is 0.673. The highest BCUT2D eigenvalue weighted by atomic mass is 15.2. The van der Waals surface area contributed by atoms with Crippen molar-refractivity contribution >= 4 is 17.9 Å². The standard InChI is InChI=1S/C5H5N3/c1-5-2-3-6-4-7-8-5/h2,4H,1H3. The van der Waals surface area contributed by atoms with Gasteiger partial charge in [-0.25, -0.2) is 0 Å². The zero-order valence-electron chi connectivity index (χ0n) is 4.50. The molecule has 0 saturated heterocycles. The SMILES string of the molecule is CC1=NN=CN=C=C1. The Morgan fingerprint density at radius 1 is 1.62 bits per heavy atom. The Morgan fingerprint density at radius 3 is 3.38 bits per heavy atom. The van der Waals surface area contributed by atoms with Gasteiger partial charge in [0.25, 0.3) is 0 Å². The lowest BCUT2D eigenvalue weighted by Crippen LogP contribution is -1.79. The molecule has 1 heterocycles. The average Bonchev–Trinajstić information content (AvgIpc) is 1.94. The zero-order chi connectivity index (χ0) is 5.82. The molecule has 0 aromatic rings. The number of hydrogen-bond acceptors (Lipinski definition) is 3. The van der Waals surface area contributed by atoms with E-state index in [1.54, 1.807) is 6.08 Å². The van der Waals surface area contributed by atoms with Crippen LogP contribution < -0.4 is 0 Å². The van der Waals surface area contributed by atoms with Crippen molar-refractivity contribution in [2.24, 2.45) is 15.2 Å². The summed E-state index contributed by atoms with van der Waals surface area (Å²) in [6, 6.07) is 0. The van der Waals surface area contributed by atoms with Crippen LogP contribution in [0.5, 0.6) is 0 Å². The molecule has 0 saturated carbocycles. The van der Waals surface area contributed by atoms with Crippen LogP contribution in [0.3, 0.4) is 0 Å². The van der Waals surface area contributed by atoms with Crippen LogP contribution in [0.1, 0.15) is 6.92 Å². The van der Waals surface area contributed by atoms with Gasteiger partial charge in [0.2, 0.25) is 0 Å². The van der Waals surface area contributed by atoms with Crippen LogP contribution >= 0.6 is 0 Å².